The minimum atomic E-state index is 0.121. The molecule has 0 spiro atoms. The van der Waals surface area contributed by atoms with E-state index in [2.05, 4.69) is 15.1 Å². The lowest BCUT2D eigenvalue weighted by Crippen LogP contribution is -2.03. The van der Waals surface area contributed by atoms with Crippen LogP contribution in [0.3, 0.4) is 0 Å². The summed E-state index contributed by atoms with van der Waals surface area (Å²) in [4.78, 5) is 9.01. The Morgan fingerprint density at radius 1 is 1.23 bits per heavy atom. The normalized spacial score (nSPS) is 11.4. The van der Waals surface area contributed by atoms with Crippen molar-refractivity contribution in [3.63, 3.8) is 0 Å². The first-order chi connectivity index (χ1) is 12.6. The van der Waals surface area contributed by atoms with Crippen molar-refractivity contribution in [1.82, 2.24) is 19.7 Å². The quantitative estimate of drug-likeness (QED) is 0.507. The van der Waals surface area contributed by atoms with Crippen molar-refractivity contribution in [3.8, 4) is 17.0 Å². The lowest BCUT2D eigenvalue weighted by atomic mass is 10.0. The zero-order valence-electron chi connectivity index (χ0n) is 14.7. The van der Waals surface area contributed by atoms with Gasteiger partial charge in [0, 0.05) is 48.5 Å². The molecule has 6 nitrogen and oxygen atoms in total. The lowest BCUT2D eigenvalue weighted by Gasteiger charge is -2.15. The number of ether oxygens (including phenoxy) is 2. The van der Waals surface area contributed by atoms with E-state index in [4.69, 9.17) is 21.1 Å². The van der Waals surface area contributed by atoms with Crippen LogP contribution in [0.25, 0.3) is 33.2 Å². The smallest absolute Gasteiger partial charge is 0.188 e. The first-order valence-corrected chi connectivity index (χ1v) is 8.46. The first kappa shape index (κ1) is 16.8. The number of hydrogen-bond acceptors (Lipinski definition) is 5. The summed E-state index contributed by atoms with van der Waals surface area (Å²) in [6.45, 7) is 2.09. The maximum Gasteiger partial charge on any atom is 0.188 e. The monoisotopic (exact) mass is 368 g/mol. The van der Waals surface area contributed by atoms with Crippen LogP contribution in [0.1, 0.15) is 5.56 Å². The van der Waals surface area contributed by atoms with Crippen LogP contribution in [0.5, 0.6) is 5.75 Å². The minimum Gasteiger partial charge on any atom is -0.466 e. The number of benzene rings is 1. The molecule has 0 amide bonds. The molecule has 3 heterocycles. The van der Waals surface area contributed by atoms with Gasteiger partial charge >= 0.3 is 0 Å². The Kier molecular flexibility index (Phi) is 4.22. The summed E-state index contributed by atoms with van der Waals surface area (Å²) in [5.74, 6) is 0.655. The third-order valence-electron chi connectivity index (χ3n) is 4.22. The Labute approximate surface area is 155 Å². The van der Waals surface area contributed by atoms with Crippen LogP contribution >= 0.6 is 11.6 Å². The molecule has 0 aliphatic heterocycles. The molecule has 1 aromatic carbocycles. The van der Waals surface area contributed by atoms with Crippen LogP contribution in [-0.4, -0.2) is 33.7 Å². The van der Waals surface area contributed by atoms with Gasteiger partial charge in [-0.15, -0.1) is 0 Å². The molecule has 0 saturated heterocycles. The molecule has 3 aromatic heterocycles. The van der Waals surface area contributed by atoms with Crippen molar-refractivity contribution in [2.24, 2.45) is 7.05 Å². The molecule has 0 saturated carbocycles. The lowest BCUT2D eigenvalue weighted by molar-refractivity contribution is 0.0511. The van der Waals surface area contributed by atoms with Crippen molar-refractivity contribution in [2.75, 3.05) is 13.9 Å². The number of aromatic nitrogens is 4. The van der Waals surface area contributed by atoms with Gasteiger partial charge in [0.15, 0.2) is 12.4 Å². The van der Waals surface area contributed by atoms with E-state index in [0.717, 1.165) is 27.4 Å². The van der Waals surface area contributed by atoms with Crippen molar-refractivity contribution in [3.05, 3.63) is 47.2 Å². The van der Waals surface area contributed by atoms with E-state index in [9.17, 15) is 0 Å². The predicted molar refractivity (Wildman–Crippen MR) is 101 cm³/mol. The Hall–Kier alpha value is -2.70. The van der Waals surface area contributed by atoms with Gasteiger partial charge in [-0.3, -0.25) is 4.68 Å². The molecule has 132 valence electrons. The van der Waals surface area contributed by atoms with Gasteiger partial charge in [-0.1, -0.05) is 11.6 Å². The third kappa shape index (κ3) is 2.77. The van der Waals surface area contributed by atoms with Gasteiger partial charge in [0.05, 0.1) is 16.2 Å². The summed E-state index contributed by atoms with van der Waals surface area (Å²) in [5.41, 5.74) is 3.83. The second-order valence-electron chi connectivity index (χ2n) is 6.04. The minimum absolute atomic E-state index is 0.121. The molecule has 0 unspecified atom stereocenters. The van der Waals surface area contributed by atoms with E-state index in [0.29, 0.717) is 22.1 Å². The van der Waals surface area contributed by atoms with Crippen LogP contribution in [0.15, 0.2) is 36.7 Å². The van der Waals surface area contributed by atoms with Crippen LogP contribution in [0.4, 0.5) is 0 Å². The fraction of sp³-hybridized carbons (Fsp3) is 0.211. The van der Waals surface area contributed by atoms with Gasteiger partial charge in [-0.25, -0.2) is 9.97 Å². The van der Waals surface area contributed by atoms with Crippen molar-refractivity contribution < 1.29 is 9.47 Å². The summed E-state index contributed by atoms with van der Waals surface area (Å²) in [5, 5.41) is 6.93. The summed E-state index contributed by atoms with van der Waals surface area (Å²) in [7, 11) is 3.47. The zero-order chi connectivity index (χ0) is 18.3. The van der Waals surface area contributed by atoms with Crippen LogP contribution in [-0.2, 0) is 11.8 Å². The molecule has 0 aliphatic rings. The first-order valence-electron chi connectivity index (χ1n) is 8.09. The number of fused-ring (bicyclic) bond motifs is 2. The number of rotatable bonds is 4. The fourth-order valence-corrected chi connectivity index (χ4v) is 3.34. The van der Waals surface area contributed by atoms with Crippen LogP contribution in [0.2, 0.25) is 5.02 Å². The molecular formula is C19H17ClN4O2. The topological polar surface area (TPSA) is 62.1 Å². The number of aryl methyl sites for hydroxylation is 2. The number of halogens is 1. The second-order valence-corrected chi connectivity index (χ2v) is 6.45. The van der Waals surface area contributed by atoms with Gasteiger partial charge in [-0.05, 0) is 31.2 Å². The number of pyridine rings is 2. The molecular weight excluding hydrogens is 352 g/mol. The molecule has 0 N–H and O–H groups in total. The molecule has 4 rings (SSSR count). The standard InChI is InChI=1S/C19H17ClN4O2/c1-11-16-13(9-24(2)23-16)7-14(18(11)26-10-25-3)17-15(20)8-12-5-4-6-21-19(12)22-17/h4-9H,10H2,1-3H3. The predicted octanol–water partition coefficient (Wildman–Crippen LogP) is 4.13. The Morgan fingerprint density at radius 3 is 2.88 bits per heavy atom. The summed E-state index contributed by atoms with van der Waals surface area (Å²) < 4.78 is 12.7. The molecule has 26 heavy (non-hydrogen) atoms. The third-order valence-corrected chi connectivity index (χ3v) is 4.50. The number of methoxy groups -OCH3 is 1. The van der Waals surface area contributed by atoms with E-state index in [1.807, 2.05) is 44.4 Å². The van der Waals surface area contributed by atoms with Gasteiger partial charge in [-0.2, -0.15) is 5.10 Å². The molecule has 0 bridgehead atoms. The van der Waals surface area contributed by atoms with Crippen molar-refractivity contribution in [1.29, 1.82) is 0 Å². The highest BCUT2D eigenvalue weighted by atomic mass is 35.5. The average Bonchev–Trinajstić information content (AvgIpc) is 3.01. The highest BCUT2D eigenvalue weighted by Crippen LogP contribution is 2.40. The van der Waals surface area contributed by atoms with E-state index < -0.39 is 0 Å². The highest BCUT2D eigenvalue weighted by molar-refractivity contribution is 6.33. The number of hydrogen-bond donors (Lipinski definition) is 0. The average molecular weight is 369 g/mol. The largest absolute Gasteiger partial charge is 0.466 e. The van der Waals surface area contributed by atoms with Gasteiger partial charge in [0.25, 0.3) is 0 Å². The summed E-state index contributed by atoms with van der Waals surface area (Å²) >= 11 is 6.55. The van der Waals surface area contributed by atoms with Crippen molar-refractivity contribution >= 4 is 33.5 Å². The SMILES string of the molecule is COCOc1c(-c2nc3ncccc3cc2Cl)cc2cn(C)nc2c1C. The zero-order valence-corrected chi connectivity index (χ0v) is 15.4. The maximum absolute atomic E-state index is 6.55. The maximum atomic E-state index is 6.55. The molecule has 7 heteroatoms. The van der Waals surface area contributed by atoms with Crippen molar-refractivity contribution in [2.45, 2.75) is 6.92 Å². The second kappa shape index (κ2) is 6.55. The van der Waals surface area contributed by atoms with E-state index in [1.54, 1.807) is 18.0 Å². The van der Waals surface area contributed by atoms with E-state index in [-0.39, 0.29) is 6.79 Å². The summed E-state index contributed by atoms with van der Waals surface area (Å²) in [6.07, 6.45) is 3.67. The van der Waals surface area contributed by atoms with Gasteiger partial charge in [0.2, 0.25) is 0 Å². The summed E-state index contributed by atoms with van der Waals surface area (Å²) in [6, 6.07) is 7.65. The van der Waals surface area contributed by atoms with Gasteiger partial charge < -0.3 is 9.47 Å². The molecule has 0 radical (unpaired) electrons. The Balaban J connectivity index is 2.01. The molecule has 0 aliphatic carbocycles. The molecule has 4 aromatic rings. The van der Waals surface area contributed by atoms with E-state index >= 15 is 0 Å². The highest BCUT2D eigenvalue weighted by Gasteiger charge is 2.19. The van der Waals surface area contributed by atoms with E-state index in [1.165, 1.54) is 0 Å². The molecule has 0 fully saturated rings. The van der Waals surface area contributed by atoms with Crippen LogP contribution < -0.4 is 4.74 Å². The van der Waals surface area contributed by atoms with Crippen LogP contribution in [0, 0.1) is 6.92 Å². The fourth-order valence-electron chi connectivity index (χ4n) is 3.08. The Morgan fingerprint density at radius 2 is 2.08 bits per heavy atom. The molecule has 0 atom stereocenters. The Bertz CT molecular complexity index is 1120. The number of nitrogens with zero attached hydrogens (tertiary/aromatic N) is 4. The van der Waals surface area contributed by atoms with Gasteiger partial charge in [0.1, 0.15) is 5.75 Å².